The SMILES string of the molecule is Cc1ccc(OCC(=O)NN=CC(C)c2ccccc2)c(C)c1. The number of nitrogens with one attached hydrogen (secondary N) is 1. The van der Waals surface area contributed by atoms with Gasteiger partial charge in [0, 0.05) is 12.1 Å². The first-order valence-electron chi connectivity index (χ1n) is 7.63. The van der Waals surface area contributed by atoms with E-state index in [1.807, 2.05) is 69.3 Å². The second-order valence-corrected chi connectivity index (χ2v) is 5.57. The van der Waals surface area contributed by atoms with Crippen molar-refractivity contribution in [2.45, 2.75) is 26.7 Å². The molecule has 4 nitrogen and oxygen atoms in total. The van der Waals surface area contributed by atoms with Gasteiger partial charge in [-0.25, -0.2) is 5.43 Å². The molecular formula is C19H22N2O2. The number of carbonyl (C=O) groups excluding carboxylic acids is 1. The summed E-state index contributed by atoms with van der Waals surface area (Å²) in [4.78, 5) is 11.8. The van der Waals surface area contributed by atoms with E-state index in [2.05, 4.69) is 10.5 Å². The van der Waals surface area contributed by atoms with Gasteiger partial charge in [-0.1, -0.05) is 55.0 Å². The van der Waals surface area contributed by atoms with Gasteiger partial charge in [0.05, 0.1) is 0 Å². The quantitative estimate of drug-likeness (QED) is 0.655. The predicted molar refractivity (Wildman–Crippen MR) is 92.9 cm³/mol. The molecule has 1 amide bonds. The van der Waals surface area contributed by atoms with Gasteiger partial charge in [-0.2, -0.15) is 5.10 Å². The Labute approximate surface area is 137 Å². The molecule has 120 valence electrons. The van der Waals surface area contributed by atoms with Gasteiger partial charge in [0.2, 0.25) is 0 Å². The van der Waals surface area contributed by atoms with Crippen LogP contribution in [-0.4, -0.2) is 18.7 Å². The minimum Gasteiger partial charge on any atom is -0.483 e. The summed E-state index contributed by atoms with van der Waals surface area (Å²) in [5.41, 5.74) is 5.82. The summed E-state index contributed by atoms with van der Waals surface area (Å²) < 4.78 is 5.51. The summed E-state index contributed by atoms with van der Waals surface area (Å²) in [7, 11) is 0. The number of hydrogen-bond acceptors (Lipinski definition) is 3. The molecule has 0 spiro atoms. The number of benzene rings is 2. The molecule has 0 aliphatic carbocycles. The van der Waals surface area contributed by atoms with Crippen molar-refractivity contribution < 1.29 is 9.53 Å². The summed E-state index contributed by atoms with van der Waals surface area (Å²) in [5.74, 6) is 0.575. The molecule has 0 fully saturated rings. The Morgan fingerprint density at radius 3 is 2.65 bits per heavy atom. The summed E-state index contributed by atoms with van der Waals surface area (Å²) in [6.45, 7) is 5.95. The number of carbonyl (C=O) groups is 1. The third-order valence-electron chi connectivity index (χ3n) is 3.50. The zero-order chi connectivity index (χ0) is 16.7. The van der Waals surface area contributed by atoms with Gasteiger partial charge in [-0.05, 0) is 31.0 Å². The summed E-state index contributed by atoms with van der Waals surface area (Å²) in [6.07, 6.45) is 1.71. The Morgan fingerprint density at radius 1 is 1.22 bits per heavy atom. The first-order chi connectivity index (χ1) is 11.1. The molecule has 0 bridgehead atoms. The fraction of sp³-hybridized carbons (Fsp3) is 0.263. The highest BCUT2D eigenvalue weighted by Crippen LogP contribution is 2.18. The molecule has 0 radical (unpaired) electrons. The molecule has 0 aromatic heterocycles. The summed E-state index contributed by atoms with van der Waals surface area (Å²) in [5, 5.41) is 3.99. The van der Waals surface area contributed by atoms with Crippen LogP contribution in [0.15, 0.2) is 53.6 Å². The van der Waals surface area contributed by atoms with Crippen LogP contribution in [0.25, 0.3) is 0 Å². The highest BCUT2D eigenvalue weighted by molar-refractivity contribution is 5.79. The monoisotopic (exact) mass is 310 g/mol. The molecule has 4 heteroatoms. The maximum atomic E-state index is 11.8. The molecule has 1 atom stereocenters. The molecule has 1 N–H and O–H groups in total. The van der Waals surface area contributed by atoms with Gasteiger partial charge >= 0.3 is 0 Å². The minimum atomic E-state index is -0.276. The largest absolute Gasteiger partial charge is 0.483 e. The average Bonchev–Trinajstić information content (AvgIpc) is 2.54. The standard InChI is InChI=1S/C19H22N2O2/c1-14-9-10-18(15(2)11-14)23-13-19(22)21-20-12-16(3)17-7-5-4-6-8-17/h4-12,16H,13H2,1-3H3,(H,21,22). The average molecular weight is 310 g/mol. The molecule has 0 saturated heterocycles. The fourth-order valence-corrected chi connectivity index (χ4v) is 2.20. The third kappa shape index (κ3) is 5.25. The lowest BCUT2D eigenvalue weighted by Gasteiger charge is -2.09. The van der Waals surface area contributed by atoms with Gasteiger partial charge in [-0.15, -0.1) is 0 Å². The molecule has 23 heavy (non-hydrogen) atoms. The number of aryl methyl sites for hydroxylation is 2. The van der Waals surface area contributed by atoms with Crippen LogP contribution in [-0.2, 0) is 4.79 Å². The Hall–Kier alpha value is -2.62. The van der Waals surface area contributed by atoms with E-state index in [1.165, 1.54) is 5.56 Å². The Morgan fingerprint density at radius 2 is 1.96 bits per heavy atom. The van der Waals surface area contributed by atoms with Crippen LogP contribution < -0.4 is 10.2 Å². The zero-order valence-corrected chi connectivity index (χ0v) is 13.7. The second-order valence-electron chi connectivity index (χ2n) is 5.57. The number of rotatable bonds is 6. The lowest BCUT2D eigenvalue weighted by atomic mass is 10.0. The van der Waals surface area contributed by atoms with Crippen LogP contribution >= 0.6 is 0 Å². The molecule has 2 aromatic carbocycles. The van der Waals surface area contributed by atoms with E-state index in [9.17, 15) is 4.79 Å². The van der Waals surface area contributed by atoms with Gasteiger partial charge in [-0.3, -0.25) is 4.79 Å². The predicted octanol–water partition coefficient (Wildman–Crippen LogP) is 3.59. The van der Waals surface area contributed by atoms with Crippen molar-refractivity contribution in [1.29, 1.82) is 0 Å². The van der Waals surface area contributed by atoms with Crippen molar-refractivity contribution in [3.8, 4) is 5.75 Å². The van der Waals surface area contributed by atoms with E-state index in [0.717, 1.165) is 11.1 Å². The molecule has 0 heterocycles. The molecule has 0 aliphatic rings. The highest BCUT2D eigenvalue weighted by Gasteiger charge is 2.05. The summed E-state index contributed by atoms with van der Waals surface area (Å²) >= 11 is 0. The maximum absolute atomic E-state index is 11.8. The van der Waals surface area contributed by atoms with E-state index < -0.39 is 0 Å². The van der Waals surface area contributed by atoms with Crippen LogP contribution in [0.1, 0.15) is 29.5 Å². The van der Waals surface area contributed by atoms with Gasteiger partial charge in [0.1, 0.15) is 5.75 Å². The van der Waals surface area contributed by atoms with Crippen molar-refractivity contribution >= 4 is 12.1 Å². The van der Waals surface area contributed by atoms with E-state index in [1.54, 1.807) is 6.21 Å². The molecule has 0 saturated carbocycles. The Balaban J connectivity index is 1.80. The van der Waals surface area contributed by atoms with Crippen molar-refractivity contribution in [1.82, 2.24) is 5.43 Å². The van der Waals surface area contributed by atoms with Crippen molar-refractivity contribution in [2.24, 2.45) is 5.10 Å². The van der Waals surface area contributed by atoms with E-state index in [-0.39, 0.29) is 18.4 Å². The normalized spacial score (nSPS) is 12.1. The topological polar surface area (TPSA) is 50.7 Å². The van der Waals surface area contributed by atoms with E-state index in [0.29, 0.717) is 5.75 Å². The number of hydrazone groups is 1. The van der Waals surface area contributed by atoms with E-state index in [4.69, 9.17) is 4.74 Å². The lowest BCUT2D eigenvalue weighted by molar-refractivity contribution is -0.123. The number of hydrogen-bond donors (Lipinski definition) is 1. The molecule has 2 aromatic rings. The van der Waals surface area contributed by atoms with Crippen LogP contribution in [0.4, 0.5) is 0 Å². The molecule has 0 aliphatic heterocycles. The van der Waals surface area contributed by atoms with Crippen LogP contribution in [0, 0.1) is 13.8 Å². The van der Waals surface area contributed by atoms with Crippen LogP contribution in [0.3, 0.4) is 0 Å². The van der Waals surface area contributed by atoms with Crippen molar-refractivity contribution in [2.75, 3.05) is 6.61 Å². The van der Waals surface area contributed by atoms with Crippen molar-refractivity contribution in [3.05, 3.63) is 65.2 Å². The second kappa shape index (κ2) is 8.13. The molecule has 2 rings (SSSR count). The number of amides is 1. The summed E-state index contributed by atoms with van der Waals surface area (Å²) in [6, 6.07) is 15.8. The highest BCUT2D eigenvalue weighted by atomic mass is 16.5. The van der Waals surface area contributed by atoms with Crippen LogP contribution in [0.5, 0.6) is 5.75 Å². The maximum Gasteiger partial charge on any atom is 0.277 e. The Bertz CT molecular complexity index is 681. The lowest BCUT2D eigenvalue weighted by Crippen LogP contribution is -2.25. The van der Waals surface area contributed by atoms with Gasteiger partial charge in [0.15, 0.2) is 6.61 Å². The molecule has 1 unspecified atom stereocenters. The van der Waals surface area contributed by atoms with Crippen LogP contribution in [0.2, 0.25) is 0 Å². The zero-order valence-electron chi connectivity index (χ0n) is 13.7. The molecular weight excluding hydrogens is 288 g/mol. The van der Waals surface area contributed by atoms with Crippen molar-refractivity contribution in [3.63, 3.8) is 0 Å². The smallest absolute Gasteiger partial charge is 0.277 e. The Kier molecular flexibility index (Phi) is 5.92. The minimum absolute atomic E-state index is 0.0546. The van der Waals surface area contributed by atoms with E-state index >= 15 is 0 Å². The first-order valence-corrected chi connectivity index (χ1v) is 7.63. The third-order valence-corrected chi connectivity index (χ3v) is 3.50. The van der Waals surface area contributed by atoms with Gasteiger partial charge < -0.3 is 4.74 Å². The number of nitrogens with zero attached hydrogens (tertiary/aromatic N) is 1. The fourth-order valence-electron chi connectivity index (χ4n) is 2.20. The van der Waals surface area contributed by atoms with Gasteiger partial charge in [0.25, 0.3) is 5.91 Å². The first kappa shape index (κ1) is 16.7. The number of ether oxygens (including phenoxy) is 1.